The van der Waals surface area contributed by atoms with E-state index in [9.17, 15) is 19.5 Å². The zero-order chi connectivity index (χ0) is 18.7. The average molecular weight is 378 g/mol. The van der Waals surface area contributed by atoms with Gasteiger partial charge in [0.05, 0.1) is 6.42 Å². The fourth-order valence-electron chi connectivity index (χ4n) is 3.25. The average Bonchev–Trinajstić information content (AvgIpc) is 3.16. The largest absolute Gasteiger partial charge is 0.477 e. The van der Waals surface area contributed by atoms with Crippen LogP contribution in [0.15, 0.2) is 18.2 Å². The molecule has 26 heavy (non-hydrogen) atoms. The number of benzene rings is 1. The second-order valence-electron chi connectivity index (χ2n) is 6.34. The van der Waals surface area contributed by atoms with Gasteiger partial charge in [0.1, 0.15) is 5.69 Å². The highest BCUT2D eigenvalue weighted by atomic mass is 35.5. The fraction of sp³-hybridized carbons (Fsp3) is 0.389. The summed E-state index contributed by atoms with van der Waals surface area (Å²) in [5.74, 6) is -1.22. The predicted octanol–water partition coefficient (Wildman–Crippen LogP) is 2.19. The number of aromatic carboxylic acids is 1. The number of amides is 2. The van der Waals surface area contributed by atoms with E-state index in [-0.39, 0.29) is 23.9 Å². The van der Waals surface area contributed by atoms with Crippen LogP contribution in [0.1, 0.15) is 35.3 Å². The highest BCUT2D eigenvalue weighted by Crippen LogP contribution is 2.26. The lowest BCUT2D eigenvalue weighted by Crippen LogP contribution is -2.31. The normalized spacial score (nSPS) is 14.2. The Bertz CT molecular complexity index is 861. The van der Waals surface area contributed by atoms with E-state index in [1.807, 2.05) is 0 Å². The summed E-state index contributed by atoms with van der Waals surface area (Å²) < 4.78 is 0. The van der Waals surface area contributed by atoms with Gasteiger partial charge in [0, 0.05) is 47.5 Å². The molecule has 1 aromatic heterocycles. The van der Waals surface area contributed by atoms with Crippen molar-refractivity contribution >= 4 is 40.3 Å². The number of nitrogens with zero attached hydrogens (tertiary/aromatic N) is 1. The second-order valence-corrected chi connectivity index (χ2v) is 6.77. The molecule has 1 saturated heterocycles. The van der Waals surface area contributed by atoms with Crippen LogP contribution in [0.4, 0.5) is 0 Å². The minimum absolute atomic E-state index is 0.0000742. The summed E-state index contributed by atoms with van der Waals surface area (Å²) in [6.45, 7) is 1.85. The highest BCUT2D eigenvalue weighted by molar-refractivity contribution is 6.31. The molecule has 1 aliphatic rings. The SMILES string of the molecule is O=C(Cc1c(C(=O)O)[nH]c2ccc(Cl)cc12)NCCCN1CCCC1=O. The van der Waals surface area contributed by atoms with E-state index in [4.69, 9.17) is 11.6 Å². The van der Waals surface area contributed by atoms with Gasteiger partial charge in [0.25, 0.3) is 0 Å². The standard InChI is InChI=1S/C18H20ClN3O4/c19-11-4-5-14-12(9-11)13(17(21-14)18(25)26)10-15(23)20-6-2-8-22-7-1-3-16(22)24/h4-5,9,21H,1-3,6-8,10H2,(H,20,23)(H,25,26). The molecule has 138 valence electrons. The Balaban J connectivity index is 1.61. The zero-order valence-electron chi connectivity index (χ0n) is 14.2. The van der Waals surface area contributed by atoms with E-state index in [1.54, 1.807) is 23.1 Å². The van der Waals surface area contributed by atoms with Crippen LogP contribution in [0.5, 0.6) is 0 Å². The molecule has 0 spiro atoms. The first-order valence-corrected chi connectivity index (χ1v) is 8.91. The number of aromatic amines is 1. The Labute approximate surface area is 155 Å². The van der Waals surface area contributed by atoms with Crippen LogP contribution < -0.4 is 5.32 Å². The Kier molecular flexibility index (Phi) is 5.46. The molecule has 1 aliphatic heterocycles. The maximum atomic E-state index is 12.2. The Morgan fingerprint density at radius 3 is 2.85 bits per heavy atom. The quantitative estimate of drug-likeness (QED) is 0.643. The number of carboxylic acids is 1. The maximum absolute atomic E-state index is 12.2. The van der Waals surface area contributed by atoms with Gasteiger partial charge in [-0.1, -0.05) is 11.6 Å². The molecule has 7 nitrogen and oxygen atoms in total. The predicted molar refractivity (Wildman–Crippen MR) is 97.4 cm³/mol. The highest BCUT2D eigenvalue weighted by Gasteiger charge is 2.21. The molecule has 0 aliphatic carbocycles. The van der Waals surface area contributed by atoms with E-state index in [0.29, 0.717) is 47.4 Å². The van der Waals surface area contributed by atoms with Crippen LogP contribution >= 0.6 is 11.6 Å². The number of hydrogen-bond donors (Lipinski definition) is 3. The van der Waals surface area contributed by atoms with Crippen LogP contribution in [0.3, 0.4) is 0 Å². The van der Waals surface area contributed by atoms with Crippen molar-refractivity contribution < 1.29 is 19.5 Å². The van der Waals surface area contributed by atoms with E-state index in [0.717, 1.165) is 13.0 Å². The zero-order valence-corrected chi connectivity index (χ0v) is 14.9. The number of nitrogens with one attached hydrogen (secondary N) is 2. The first kappa shape index (κ1) is 18.3. The fourth-order valence-corrected chi connectivity index (χ4v) is 3.42. The van der Waals surface area contributed by atoms with E-state index < -0.39 is 5.97 Å². The lowest BCUT2D eigenvalue weighted by Gasteiger charge is -2.15. The van der Waals surface area contributed by atoms with Crippen molar-refractivity contribution in [3.05, 3.63) is 34.5 Å². The molecule has 2 amide bonds. The molecule has 0 atom stereocenters. The minimum atomic E-state index is -1.12. The molecule has 0 saturated carbocycles. The molecule has 0 unspecified atom stereocenters. The van der Waals surface area contributed by atoms with Gasteiger partial charge in [-0.25, -0.2) is 4.79 Å². The molecule has 1 fully saturated rings. The van der Waals surface area contributed by atoms with E-state index >= 15 is 0 Å². The van der Waals surface area contributed by atoms with Crippen LogP contribution in [0.25, 0.3) is 10.9 Å². The third kappa shape index (κ3) is 3.99. The summed E-state index contributed by atoms with van der Waals surface area (Å²) in [5.41, 5.74) is 1.05. The number of H-pyrrole nitrogens is 1. The molecule has 3 rings (SSSR count). The molecule has 0 bridgehead atoms. The van der Waals surface area contributed by atoms with E-state index in [1.165, 1.54) is 0 Å². The first-order valence-electron chi connectivity index (χ1n) is 8.53. The van der Waals surface area contributed by atoms with Gasteiger partial charge in [-0.3, -0.25) is 9.59 Å². The number of hydrogen-bond acceptors (Lipinski definition) is 3. The van der Waals surface area contributed by atoms with Gasteiger partial charge in [0.15, 0.2) is 0 Å². The van der Waals surface area contributed by atoms with Crippen molar-refractivity contribution in [1.29, 1.82) is 0 Å². The summed E-state index contributed by atoms with van der Waals surface area (Å²) in [4.78, 5) is 39.9. The van der Waals surface area contributed by atoms with Crippen LogP contribution in [0, 0.1) is 0 Å². The van der Waals surface area contributed by atoms with Crippen molar-refractivity contribution in [2.24, 2.45) is 0 Å². The minimum Gasteiger partial charge on any atom is -0.477 e. The summed E-state index contributed by atoms with van der Waals surface area (Å²) in [5, 5.41) is 13.3. The number of carboxylic acid groups (broad SMARTS) is 1. The third-order valence-electron chi connectivity index (χ3n) is 4.52. The topological polar surface area (TPSA) is 102 Å². The van der Waals surface area contributed by atoms with Gasteiger partial charge in [-0.05, 0) is 31.0 Å². The molecular formula is C18H20ClN3O4. The number of rotatable bonds is 7. The molecule has 3 N–H and O–H groups in total. The van der Waals surface area contributed by atoms with Crippen molar-refractivity contribution in [3.63, 3.8) is 0 Å². The third-order valence-corrected chi connectivity index (χ3v) is 4.75. The van der Waals surface area contributed by atoms with E-state index in [2.05, 4.69) is 10.3 Å². The van der Waals surface area contributed by atoms with Crippen molar-refractivity contribution in [3.8, 4) is 0 Å². The molecule has 0 radical (unpaired) electrons. The number of halogens is 1. The Hall–Kier alpha value is -2.54. The van der Waals surface area contributed by atoms with Crippen molar-refractivity contribution in [2.45, 2.75) is 25.7 Å². The molecule has 2 heterocycles. The van der Waals surface area contributed by atoms with Gasteiger partial charge in [-0.2, -0.15) is 0 Å². The van der Waals surface area contributed by atoms with Gasteiger partial charge in [0.2, 0.25) is 11.8 Å². The molecular weight excluding hydrogens is 358 g/mol. The monoisotopic (exact) mass is 377 g/mol. The number of aromatic nitrogens is 1. The first-order chi connectivity index (χ1) is 12.5. The maximum Gasteiger partial charge on any atom is 0.352 e. The molecule has 8 heteroatoms. The van der Waals surface area contributed by atoms with Crippen LogP contribution in [-0.4, -0.2) is 52.4 Å². The Morgan fingerprint density at radius 1 is 1.35 bits per heavy atom. The number of fused-ring (bicyclic) bond motifs is 1. The van der Waals surface area contributed by atoms with Crippen molar-refractivity contribution in [2.75, 3.05) is 19.6 Å². The van der Waals surface area contributed by atoms with Crippen LogP contribution in [-0.2, 0) is 16.0 Å². The second kappa shape index (κ2) is 7.78. The lowest BCUT2D eigenvalue weighted by molar-refractivity contribution is -0.127. The lowest BCUT2D eigenvalue weighted by atomic mass is 10.1. The molecule has 1 aromatic carbocycles. The smallest absolute Gasteiger partial charge is 0.352 e. The Morgan fingerprint density at radius 2 is 2.15 bits per heavy atom. The van der Waals surface area contributed by atoms with Gasteiger partial charge in [-0.15, -0.1) is 0 Å². The van der Waals surface area contributed by atoms with Crippen LogP contribution in [0.2, 0.25) is 5.02 Å². The number of carbonyl (C=O) groups is 3. The van der Waals surface area contributed by atoms with Gasteiger partial charge < -0.3 is 20.3 Å². The number of likely N-dealkylation sites (tertiary alicyclic amines) is 1. The summed E-state index contributed by atoms with van der Waals surface area (Å²) in [6, 6.07) is 5.01. The molecule has 2 aromatic rings. The number of carbonyl (C=O) groups excluding carboxylic acids is 2. The summed E-state index contributed by atoms with van der Waals surface area (Å²) in [7, 11) is 0. The van der Waals surface area contributed by atoms with Crippen molar-refractivity contribution in [1.82, 2.24) is 15.2 Å². The van der Waals surface area contributed by atoms with Gasteiger partial charge >= 0.3 is 5.97 Å². The summed E-state index contributed by atoms with van der Waals surface area (Å²) >= 11 is 6.00. The summed E-state index contributed by atoms with van der Waals surface area (Å²) in [6.07, 6.45) is 2.12.